The molecule has 0 bridgehead atoms. The summed E-state index contributed by atoms with van der Waals surface area (Å²) < 4.78 is 11.1. The highest BCUT2D eigenvalue weighted by molar-refractivity contribution is 6.32. The summed E-state index contributed by atoms with van der Waals surface area (Å²) in [6.45, 7) is 6.97. The fraction of sp³-hybridized carbons (Fsp3) is 0.409. The second kappa shape index (κ2) is 8.41. The van der Waals surface area contributed by atoms with Gasteiger partial charge in [-0.15, -0.1) is 0 Å². The minimum absolute atomic E-state index is 0.0298. The number of nitrogens with one attached hydrogen (secondary N) is 1. The molecule has 0 saturated heterocycles. The van der Waals surface area contributed by atoms with Gasteiger partial charge in [-0.1, -0.05) is 23.7 Å². The fourth-order valence-electron chi connectivity index (χ4n) is 3.53. The number of rotatable bonds is 5. The Morgan fingerprint density at radius 3 is 2.71 bits per heavy atom. The number of hydrogen-bond donors (Lipinski definition) is 1. The zero-order chi connectivity index (χ0) is 20.4. The predicted octanol–water partition coefficient (Wildman–Crippen LogP) is 4.94. The summed E-state index contributed by atoms with van der Waals surface area (Å²) in [7, 11) is 3.65. The highest BCUT2D eigenvalue weighted by Gasteiger charge is 2.24. The van der Waals surface area contributed by atoms with E-state index >= 15 is 0 Å². The van der Waals surface area contributed by atoms with E-state index in [4.69, 9.17) is 21.1 Å². The minimum atomic E-state index is -0.255. The first-order valence-electron chi connectivity index (χ1n) is 9.49. The average molecular weight is 403 g/mol. The summed E-state index contributed by atoms with van der Waals surface area (Å²) >= 11 is 6.33. The lowest BCUT2D eigenvalue weighted by Gasteiger charge is -2.33. The number of anilines is 1. The van der Waals surface area contributed by atoms with Gasteiger partial charge in [-0.25, -0.2) is 0 Å². The number of halogens is 1. The molecule has 1 heterocycles. The van der Waals surface area contributed by atoms with Crippen LogP contribution in [-0.4, -0.2) is 37.6 Å². The number of hydrogen-bond acceptors (Lipinski definition) is 4. The smallest absolute Gasteiger partial charge is 0.259 e. The number of carbonyl (C=O) groups is 1. The van der Waals surface area contributed by atoms with Crippen LogP contribution in [0.4, 0.5) is 5.69 Å². The predicted molar refractivity (Wildman–Crippen MR) is 113 cm³/mol. The molecular weight excluding hydrogens is 376 g/mol. The van der Waals surface area contributed by atoms with Gasteiger partial charge in [0.15, 0.2) is 0 Å². The van der Waals surface area contributed by atoms with Gasteiger partial charge in [0.05, 0.1) is 23.8 Å². The molecule has 0 fully saturated rings. The van der Waals surface area contributed by atoms with Gasteiger partial charge in [0.1, 0.15) is 11.5 Å². The summed E-state index contributed by atoms with van der Waals surface area (Å²) in [4.78, 5) is 15.3. The number of ether oxygens (including phenoxy) is 2. The quantitative estimate of drug-likeness (QED) is 0.769. The third-order valence-corrected chi connectivity index (χ3v) is 5.44. The molecule has 5 nitrogen and oxygen atoms in total. The lowest BCUT2D eigenvalue weighted by atomic mass is 9.92. The van der Waals surface area contributed by atoms with Gasteiger partial charge in [-0.3, -0.25) is 9.69 Å². The van der Waals surface area contributed by atoms with Crippen molar-refractivity contribution in [1.82, 2.24) is 4.90 Å². The Morgan fingerprint density at radius 2 is 2.04 bits per heavy atom. The van der Waals surface area contributed by atoms with Crippen molar-refractivity contribution in [3.63, 3.8) is 0 Å². The molecule has 0 aliphatic carbocycles. The number of likely N-dealkylation sites (N-methyl/N-ethyl adjacent to an activating group) is 1. The summed E-state index contributed by atoms with van der Waals surface area (Å²) in [5, 5.41) is 3.43. The Labute approximate surface area is 171 Å². The van der Waals surface area contributed by atoms with E-state index in [1.807, 2.05) is 26.0 Å². The fourth-order valence-corrected chi connectivity index (χ4v) is 3.73. The van der Waals surface area contributed by atoms with Gasteiger partial charge >= 0.3 is 0 Å². The third kappa shape index (κ3) is 4.10. The maximum atomic E-state index is 13.0. The molecule has 0 radical (unpaired) electrons. The van der Waals surface area contributed by atoms with Crippen molar-refractivity contribution in [2.24, 2.45) is 0 Å². The molecule has 150 valence electrons. The minimum Gasteiger partial charge on any atom is -0.496 e. The monoisotopic (exact) mass is 402 g/mol. The first-order valence-corrected chi connectivity index (χ1v) is 9.87. The van der Waals surface area contributed by atoms with Crippen molar-refractivity contribution >= 4 is 23.2 Å². The molecule has 3 rings (SSSR count). The van der Waals surface area contributed by atoms with Crippen LogP contribution >= 0.6 is 11.6 Å². The number of amides is 1. The number of benzene rings is 2. The van der Waals surface area contributed by atoms with Crippen LogP contribution in [0.2, 0.25) is 5.02 Å². The molecular formula is C22H27ClN2O3. The summed E-state index contributed by atoms with van der Waals surface area (Å²) in [5.41, 5.74) is 3.65. The van der Waals surface area contributed by atoms with Crippen molar-refractivity contribution in [2.45, 2.75) is 39.3 Å². The maximum absolute atomic E-state index is 13.0. The summed E-state index contributed by atoms with van der Waals surface area (Å²) in [6.07, 6.45) is 0.865. The summed E-state index contributed by atoms with van der Waals surface area (Å²) in [5.74, 6) is 0.671. The van der Waals surface area contributed by atoms with E-state index in [9.17, 15) is 4.79 Å². The van der Waals surface area contributed by atoms with Crippen LogP contribution in [0.25, 0.3) is 0 Å². The normalized spacial score (nSPS) is 16.6. The van der Waals surface area contributed by atoms with Crippen molar-refractivity contribution in [2.75, 3.05) is 26.0 Å². The van der Waals surface area contributed by atoms with Crippen LogP contribution in [0, 0.1) is 0 Å². The lowest BCUT2D eigenvalue weighted by Crippen LogP contribution is -2.31. The Kier molecular flexibility index (Phi) is 6.16. The van der Waals surface area contributed by atoms with Gasteiger partial charge in [0.2, 0.25) is 0 Å². The van der Waals surface area contributed by atoms with Gasteiger partial charge < -0.3 is 14.8 Å². The average Bonchev–Trinajstić information content (AvgIpc) is 2.66. The SMILES string of the molecule is COc1cc(OC(C)C)c(Cl)cc1C(=O)Nc1cccc2c1CCN(C)C2C. The van der Waals surface area contributed by atoms with Gasteiger partial charge in [-0.2, -0.15) is 0 Å². The molecule has 0 spiro atoms. The third-order valence-electron chi connectivity index (χ3n) is 5.15. The van der Waals surface area contributed by atoms with Crippen molar-refractivity contribution in [3.05, 3.63) is 52.0 Å². The molecule has 2 aromatic rings. The van der Waals surface area contributed by atoms with Crippen LogP contribution < -0.4 is 14.8 Å². The number of carbonyl (C=O) groups excluding carboxylic acids is 1. The lowest BCUT2D eigenvalue weighted by molar-refractivity contribution is 0.102. The van der Waals surface area contributed by atoms with Crippen LogP contribution in [0.15, 0.2) is 30.3 Å². The molecule has 6 heteroatoms. The molecule has 2 aromatic carbocycles. The van der Waals surface area contributed by atoms with Crippen molar-refractivity contribution in [3.8, 4) is 11.5 Å². The zero-order valence-corrected chi connectivity index (χ0v) is 17.8. The first-order chi connectivity index (χ1) is 13.3. The second-order valence-corrected chi connectivity index (χ2v) is 7.79. The Hall–Kier alpha value is -2.24. The number of fused-ring (bicyclic) bond motifs is 1. The van der Waals surface area contributed by atoms with E-state index in [0.29, 0.717) is 28.1 Å². The zero-order valence-electron chi connectivity index (χ0n) is 17.0. The first kappa shape index (κ1) is 20.5. The van der Waals surface area contributed by atoms with E-state index in [0.717, 1.165) is 18.7 Å². The maximum Gasteiger partial charge on any atom is 0.259 e. The van der Waals surface area contributed by atoms with Crippen molar-refractivity contribution in [1.29, 1.82) is 0 Å². The number of methoxy groups -OCH3 is 1. The van der Waals surface area contributed by atoms with Crippen LogP contribution in [-0.2, 0) is 6.42 Å². The number of nitrogens with zero attached hydrogens (tertiary/aromatic N) is 1. The van der Waals surface area contributed by atoms with Crippen LogP contribution in [0.5, 0.6) is 11.5 Å². The van der Waals surface area contributed by atoms with E-state index in [1.165, 1.54) is 18.2 Å². The molecule has 1 N–H and O–H groups in total. The van der Waals surface area contributed by atoms with Crippen LogP contribution in [0.3, 0.4) is 0 Å². The molecule has 1 atom stereocenters. The van der Waals surface area contributed by atoms with E-state index < -0.39 is 0 Å². The van der Waals surface area contributed by atoms with Crippen molar-refractivity contribution < 1.29 is 14.3 Å². The Morgan fingerprint density at radius 1 is 1.29 bits per heavy atom. The highest BCUT2D eigenvalue weighted by Crippen LogP contribution is 2.36. The molecule has 0 aromatic heterocycles. The Balaban J connectivity index is 1.91. The van der Waals surface area contributed by atoms with E-state index in [2.05, 4.69) is 30.3 Å². The molecule has 0 saturated carbocycles. The van der Waals surface area contributed by atoms with Gasteiger partial charge in [-0.05, 0) is 57.5 Å². The van der Waals surface area contributed by atoms with E-state index in [-0.39, 0.29) is 12.0 Å². The Bertz CT molecular complexity index is 882. The molecule has 1 unspecified atom stereocenters. The second-order valence-electron chi connectivity index (χ2n) is 7.38. The molecule has 1 aliphatic heterocycles. The molecule has 1 aliphatic rings. The van der Waals surface area contributed by atoms with Gasteiger partial charge in [0.25, 0.3) is 5.91 Å². The van der Waals surface area contributed by atoms with E-state index in [1.54, 1.807) is 12.1 Å². The molecule has 1 amide bonds. The topological polar surface area (TPSA) is 50.8 Å². The highest BCUT2D eigenvalue weighted by atomic mass is 35.5. The molecule has 28 heavy (non-hydrogen) atoms. The van der Waals surface area contributed by atoms with Gasteiger partial charge in [0, 0.05) is 24.3 Å². The largest absolute Gasteiger partial charge is 0.496 e. The van der Waals surface area contributed by atoms with Crippen LogP contribution in [0.1, 0.15) is 48.3 Å². The summed E-state index contributed by atoms with van der Waals surface area (Å²) in [6, 6.07) is 9.62. The standard InChI is InChI=1S/C22H27ClN2O3/c1-13(2)28-21-12-20(27-5)17(11-18(21)23)22(26)24-19-8-6-7-15-14(3)25(4)10-9-16(15)19/h6-8,11-14H,9-10H2,1-5H3,(H,24,26).